The fourth-order valence-corrected chi connectivity index (χ4v) is 1.83. The zero-order valence-corrected chi connectivity index (χ0v) is 10.8. The van der Waals surface area contributed by atoms with Crippen LogP contribution in [0.2, 0.25) is 0 Å². The molecule has 2 aromatic rings. The summed E-state index contributed by atoms with van der Waals surface area (Å²) in [6.07, 6.45) is 1.60. The SMILES string of the molecule is COc1ccc(OCCc2ccccc2)cc1C=O. The third-order valence-corrected chi connectivity index (χ3v) is 2.83. The van der Waals surface area contributed by atoms with E-state index in [9.17, 15) is 4.79 Å². The van der Waals surface area contributed by atoms with Crippen LogP contribution in [0.3, 0.4) is 0 Å². The first-order valence-electron chi connectivity index (χ1n) is 6.13. The average molecular weight is 256 g/mol. The van der Waals surface area contributed by atoms with Crippen molar-refractivity contribution in [1.29, 1.82) is 0 Å². The van der Waals surface area contributed by atoms with Gasteiger partial charge in [0.05, 0.1) is 19.3 Å². The van der Waals surface area contributed by atoms with E-state index in [-0.39, 0.29) is 0 Å². The summed E-state index contributed by atoms with van der Waals surface area (Å²) in [7, 11) is 1.54. The van der Waals surface area contributed by atoms with Gasteiger partial charge in [-0.15, -0.1) is 0 Å². The molecular formula is C16H16O3. The van der Waals surface area contributed by atoms with Crippen LogP contribution in [0.1, 0.15) is 15.9 Å². The molecule has 0 heterocycles. The van der Waals surface area contributed by atoms with Crippen molar-refractivity contribution in [2.75, 3.05) is 13.7 Å². The molecule has 0 fully saturated rings. The fourth-order valence-electron chi connectivity index (χ4n) is 1.83. The average Bonchev–Trinajstić information content (AvgIpc) is 2.48. The summed E-state index contributed by atoms with van der Waals surface area (Å²) in [6.45, 7) is 0.578. The molecule has 0 bridgehead atoms. The van der Waals surface area contributed by atoms with Crippen LogP contribution in [0.5, 0.6) is 11.5 Å². The Labute approximate surface area is 112 Å². The molecule has 0 atom stereocenters. The third kappa shape index (κ3) is 3.58. The number of carbonyl (C=O) groups excluding carboxylic acids is 1. The Hall–Kier alpha value is -2.29. The fraction of sp³-hybridized carbons (Fsp3) is 0.188. The summed E-state index contributed by atoms with van der Waals surface area (Å²) in [6, 6.07) is 15.4. The highest BCUT2D eigenvalue weighted by Crippen LogP contribution is 2.22. The van der Waals surface area contributed by atoms with Crippen LogP contribution >= 0.6 is 0 Å². The molecule has 0 radical (unpaired) electrons. The predicted octanol–water partition coefficient (Wildman–Crippen LogP) is 3.13. The Balaban J connectivity index is 1.94. The van der Waals surface area contributed by atoms with Gasteiger partial charge in [0.25, 0.3) is 0 Å². The van der Waals surface area contributed by atoms with Gasteiger partial charge in [0.2, 0.25) is 0 Å². The Morgan fingerprint density at radius 3 is 2.58 bits per heavy atom. The van der Waals surface area contributed by atoms with E-state index < -0.39 is 0 Å². The van der Waals surface area contributed by atoms with Crippen molar-refractivity contribution < 1.29 is 14.3 Å². The normalized spacial score (nSPS) is 9.95. The summed E-state index contributed by atoms with van der Waals surface area (Å²) in [4.78, 5) is 10.9. The van der Waals surface area contributed by atoms with Crippen molar-refractivity contribution in [3.05, 3.63) is 59.7 Å². The molecule has 0 aromatic heterocycles. The minimum absolute atomic E-state index is 0.500. The van der Waals surface area contributed by atoms with E-state index in [1.807, 2.05) is 18.2 Å². The van der Waals surface area contributed by atoms with Crippen molar-refractivity contribution in [1.82, 2.24) is 0 Å². The lowest BCUT2D eigenvalue weighted by molar-refractivity contribution is 0.112. The molecule has 3 nitrogen and oxygen atoms in total. The van der Waals surface area contributed by atoms with Crippen LogP contribution in [-0.4, -0.2) is 20.0 Å². The smallest absolute Gasteiger partial charge is 0.153 e. The third-order valence-electron chi connectivity index (χ3n) is 2.83. The lowest BCUT2D eigenvalue weighted by Gasteiger charge is -2.09. The van der Waals surface area contributed by atoms with Crippen molar-refractivity contribution in [3.63, 3.8) is 0 Å². The minimum atomic E-state index is 0.500. The van der Waals surface area contributed by atoms with Gasteiger partial charge in [-0.2, -0.15) is 0 Å². The van der Waals surface area contributed by atoms with Crippen LogP contribution in [0, 0.1) is 0 Å². The van der Waals surface area contributed by atoms with E-state index in [1.54, 1.807) is 18.2 Å². The molecule has 19 heavy (non-hydrogen) atoms. The van der Waals surface area contributed by atoms with Crippen molar-refractivity contribution in [2.45, 2.75) is 6.42 Å². The van der Waals surface area contributed by atoms with Gasteiger partial charge in [-0.3, -0.25) is 4.79 Å². The van der Waals surface area contributed by atoms with E-state index in [4.69, 9.17) is 9.47 Å². The molecule has 0 saturated carbocycles. The van der Waals surface area contributed by atoms with Gasteiger partial charge in [0, 0.05) is 6.42 Å². The van der Waals surface area contributed by atoms with Gasteiger partial charge < -0.3 is 9.47 Å². The topological polar surface area (TPSA) is 35.5 Å². The molecule has 98 valence electrons. The molecule has 0 N–H and O–H groups in total. The zero-order valence-electron chi connectivity index (χ0n) is 10.8. The number of hydrogen-bond donors (Lipinski definition) is 0. The number of hydrogen-bond acceptors (Lipinski definition) is 3. The van der Waals surface area contributed by atoms with Gasteiger partial charge in [-0.25, -0.2) is 0 Å². The van der Waals surface area contributed by atoms with Gasteiger partial charge in [0.15, 0.2) is 6.29 Å². The van der Waals surface area contributed by atoms with E-state index in [2.05, 4.69) is 12.1 Å². The summed E-state index contributed by atoms with van der Waals surface area (Å²) in [5.74, 6) is 1.24. The van der Waals surface area contributed by atoms with Gasteiger partial charge >= 0.3 is 0 Å². The molecule has 0 amide bonds. The van der Waals surface area contributed by atoms with Crippen LogP contribution in [0.25, 0.3) is 0 Å². The number of benzene rings is 2. The summed E-state index contributed by atoms with van der Waals surface area (Å²) in [5, 5.41) is 0. The molecule has 0 saturated heterocycles. The monoisotopic (exact) mass is 256 g/mol. The molecule has 0 aliphatic rings. The number of ether oxygens (including phenoxy) is 2. The van der Waals surface area contributed by atoms with E-state index in [0.717, 1.165) is 12.7 Å². The maximum Gasteiger partial charge on any atom is 0.153 e. The highest BCUT2D eigenvalue weighted by Gasteiger charge is 2.04. The summed E-state index contributed by atoms with van der Waals surface area (Å²) in [5.41, 5.74) is 1.73. The number of carbonyl (C=O) groups is 1. The molecule has 3 heteroatoms. The first-order chi connectivity index (χ1) is 9.33. The van der Waals surface area contributed by atoms with Gasteiger partial charge in [0.1, 0.15) is 11.5 Å². The second-order valence-electron chi connectivity index (χ2n) is 4.11. The lowest BCUT2D eigenvalue weighted by Crippen LogP contribution is -2.02. The predicted molar refractivity (Wildman–Crippen MR) is 74.0 cm³/mol. The molecular weight excluding hydrogens is 240 g/mol. The molecule has 2 aromatic carbocycles. The van der Waals surface area contributed by atoms with E-state index in [1.165, 1.54) is 12.7 Å². The van der Waals surface area contributed by atoms with Crippen molar-refractivity contribution >= 4 is 6.29 Å². The van der Waals surface area contributed by atoms with Gasteiger partial charge in [-0.1, -0.05) is 30.3 Å². The van der Waals surface area contributed by atoms with Crippen LogP contribution in [0.4, 0.5) is 0 Å². The Kier molecular flexibility index (Phi) is 4.56. The second kappa shape index (κ2) is 6.59. The maximum absolute atomic E-state index is 10.9. The molecule has 0 aliphatic heterocycles. The van der Waals surface area contributed by atoms with Crippen molar-refractivity contribution in [3.8, 4) is 11.5 Å². The van der Waals surface area contributed by atoms with Crippen LogP contribution in [0.15, 0.2) is 48.5 Å². The summed E-state index contributed by atoms with van der Waals surface area (Å²) < 4.78 is 10.7. The Morgan fingerprint density at radius 2 is 1.89 bits per heavy atom. The first kappa shape index (κ1) is 13.1. The number of methoxy groups -OCH3 is 1. The molecule has 0 aliphatic carbocycles. The van der Waals surface area contributed by atoms with Crippen LogP contribution < -0.4 is 9.47 Å². The highest BCUT2D eigenvalue weighted by atomic mass is 16.5. The maximum atomic E-state index is 10.9. The minimum Gasteiger partial charge on any atom is -0.496 e. The largest absolute Gasteiger partial charge is 0.496 e. The Morgan fingerprint density at radius 1 is 1.11 bits per heavy atom. The standard InChI is InChI=1S/C16H16O3/c1-18-16-8-7-15(11-14(16)12-17)19-10-9-13-5-3-2-4-6-13/h2-8,11-12H,9-10H2,1H3. The second-order valence-corrected chi connectivity index (χ2v) is 4.11. The number of aldehydes is 1. The molecule has 0 unspecified atom stereocenters. The van der Waals surface area contributed by atoms with Crippen LogP contribution in [-0.2, 0) is 6.42 Å². The Bertz CT molecular complexity index is 535. The van der Waals surface area contributed by atoms with E-state index >= 15 is 0 Å². The zero-order chi connectivity index (χ0) is 13.5. The van der Waals surface area contributed by atoms with Gasteiger partial charge in [-0.05, 0) is 23.8 Å². The quantitative estimate of drug-likeness (QED) is 0.745. The molecule has 2 rings (SSSR count). The highest BCUT2D eigenvalue weighted by molar-refractivity contribution is 5.80. The van der Waals surface area contributed by atoms with E-state index in [0.29, 0.717) is 23.7 Å². The number of rotatable bonds is 6. The summed E-state index contributed by atoms with van der Waals surface area (Å²) >= 11 is 0. The van der Waals surface area contributed by atoms with Crippen molar-refractivity contribution in [2.24, 2.45) is 0 Å². The lowest BCUT2D eigenvalue weighted by atomic mass is 10.2. The molecule has 0 spiro atoms. The first-order valence-corrected chi connectivity index (χ1v) is 6.13.